The van der Waals surface area contributed by atoms with Crippen molar-refractivity contribution in [3.8, 4) is 0 Å². The zero-order valence-electron chi connectivity index (χ0n) is 8.55. The molecule has 0 saturated carbocycles. The van der Waals surface area contributed by atoms with Gasteiger partial charge in [0.05, 0.1) is 6.61 Å². The highest BCUT2D eigenvalue weighted by Gasteiger charge is 1.96. The second-order valence-electron chi connectivity index (χ2n) is 3.24. The van der Waals surface area contributed by atoms with E-state index in [-0.39, 0.29) is 0 Å². The zero-order valence-corrected chi connectivity index (χ0v) is 8.55. The minimum absolute atomic E-state index is 0.743. The molecule has 0 fully saturated rings. The summed E-state index contributed by atoms with van der Waals surface area (Å²) >= 11 is 0. The van der Waals surface area contributed by atoms with E-state index in [9.17, 15) is 0 Å². The van der Waals surface area contributed by atoms with E-state index in [0.29, 0.717) is 0 Å². The van der Waals surface area contributed by atoms with Crippen LogP contribution in [-0.4, -0.2) is 20.3 Å². The third-order valence-electron chi connectivity index (χ3n) is 2.01. The molecule has 0 aliphatic carbocycles. The van der Waals surface area contributed by atoms with Crippen LogP contribution >= 0.6 is 0 Å². The van der Waals surface area contributed by atoms with Gasteiger partial charge >= 0.3 is 0 Å². The van der Waals surface area contributed by atoms with E-state index >= 15 is 0 Å². The van der Waals surface area contributed by atoms with Crippen LogP contribution in [0.3, 0.4) is 0 Å². The Labute approximate surface area is 79.9 Å². The van der Waals surface area contributed by atoms with Gasteiger partial charge in [-0.3, -0.25) is 0 Å². The molecule has 1 N–H and O–H groups in total. The first-order valence-corrected chi connectivity index (χ1v) is 4.54. The van der Waals surface area contributed by atoms with Crippen molar-refractivity contribution >= 4 is 5.69 Å². The lowest BCUT2D eigenvalue weighted by Gasteiger charge is -2.09. The fourth-order valence-corrected chi connectivity index (χ4v) is 1.21. The first-order valence-electron chi connectivity index (χ1n) is 4.54. The number of nitrogens with one attached hydrogen (secondary N) is 1. The molecule has 0 aliphatic rings. The molecule has 0 saturated heterocycles. The van der Waals surface area contributed by atoms with Gasteiger partial charge in [-0.2, -0.15) is 0 Å². The van der Waals surface area contributed by atoms with E-state index < -0.39 is 0 Å². The maximum atomic E-state index is 4.97. The predicted molar refractivity (Wildman–Crippen MR) is 56.3 cm³/mol. The molecule has 1 rings (SSSR count). The van der Waals surface area contributed by atoms with Crippen LogP contribution in [0.5, 0.6) is 0 Å². The highest BCUT2D eigenvalue weighted by Crippen LogP contribution is 2.15. The number of hydrogen-bond acceptors (Lipinski definition) is 2. The molecule has 0 unspecified atom stereocenters. The first kappa shape index (κ1) is 10.1. The van der Waals surface area contributed by atoms with Crippen LogP contribution in [0.1, 0.15) is 11.1 Å². The molecule has 0 heterocycles. The van der Waals surface area contributed by atoms with Crippen LogP contribution in [0, 0.1) is 13.8 Å². The predicted octanol–water partition coefficient (Wildman–Crippen LogP) is 2.36. The van der Waals surface area contributed by atoms with Gasteiger partial charge in [-0.25, -0.2) is 0 Å². The molecule has 2 nitrogen and oxygen atoms in total. The molecular weight excluding hydrogens is 162 g/mol. The molecule has 0 bridgehead atoms. The lowest BCUT2D eigenvalue weighted by atomic mass is 10.1. The molecule has 0 aliphatic heterocycles. The smallest absolute Gasteiger partial charge is 0.0635 e. The molecule has 0 atom stereocenters. The minimum atomic E-state index is 0.743. The van der Waals surface area contributed by atoms with Crippen molar-refractivity contribution < 1.29 is 4.74 Å². The molecule has 0 amide bonds. The lowest BCUT2D eigenvalue weighted by Crippen LogP contribution is -2.08. The second kappa shape index (κ2) is 4.87. The molecule has 2 heteroatoms. The molecule has 0 radical (unpaired) electrons. The first-order chi connectivity index (χ1) is 6.24. The van der Waals surface area contributed by atoms with E-state index in [1.165, 1.54) is 16.8 Å². The molecule has 0 aromatic heterocycles. The highest BCUT2D eigenvalue weighted by molar-refractivity contribution is 5.52. The van der Waals surface area contributed by atoms with E-state index in [1.54, 1.807) is 7.11 Å². The topological polar surface area (TPSA) is 21.3 Å². The van der Waals surface area contributed by atoms with E-state index in [0.717, 1.165) is 13.2 Å². The van der Waals surface area contributed by atoms with Crippen LogP contribution in [-0.2, 0) is 4.74 Å². The Bertz CT molecular complexity index is 271. The standard InChI is InChI=1S/C11H17NO/c1-9-4-5-10(2)11(8-9)12-6-7-13-3/h4-5,8,12H,6-7H2,1-3H3. The van der Waals surface area contributed by atoms with Crippen LogP contribution in [0.15, 0.2) is 18.2 Å². The van der Waals surface area contributed by atoms with Gasteiger partial charge in [-0.1, -0.05) is 12.1 Å². The Morgan fingerprint density at radius 1 is 1.31 bits per heavy atom. The summed E-state index contributed by atoms with van der Waals surface area (Å²) in [6, 6.07) is 6.41. The Kier molecular flexibility index (Phi) is 3.77. The zero-order chi connectivity index (χ0) is 9.68. The van der Waals surface area contributed by atoms with Crippen molar-refractivity contribution in [2.45, 2.75) is 13.8 Å². The Morgan fingerprint density at radius 2 is 2.08 bits per heavy atom. The Hall–Kier alpha value is -1.02. The summed E-state index contributed by atoms with van der Waals surface area (Å²) in [5.41, 5.74) is 3.77. The average molecular weight is 179 g/mol. The summed E-state index contributed by atoms with van der Waals surface area (Å²) in [5.74, 6) is 0. The second-order valence-corrected chi connectivity index (χ2v) is 3.24. The van der Waals surface area contributed by atoms with Gasteiger partial charge in [0, 0.05) is 19.3 Å². The summed E-state index contributed by atoms with van der Waals surface area (Å²) in [6.07, 6.45) is 0. The van der Waals surface area contributed by atoms with Crippen molar-refractivity contribution in [3.05, 3.63) is 29.3 Å². The third-order valence-corrected chi connectivity index (χ3v) is 2.01. The molecule has 0 spiro atoms. The van der Waals surface area contributed by atoms with Crippen LogP contribution in [0.25, 0.3) is 0 Å². The van der Waals surface area contributed by atoms with E-state index in [4.69, 9.17) is 4.74 Å². The van der Waals surface area contributed by atoms with Crippen molar-refractivity contribution in [1.82, 2.24) is 0 Å². The van der Waals surface area contributed by atoms with Gasteiger partial charge < -0.3 is 10.1 Å². The maximum Gasteiger partial charge on any atom is 0.0635 e. The minimum Gasteiger partial charge on any atom is -0.383 e. The monoisotopic (exact) mass is 179 g/mol. The van der Waals surface area contributed by atoms with Gasteiger partial charge in [0.25, 0.3) is 0 Å². The van der Waals surface area contributed by atoms with Crippen LogP contribution < -0.4 is 5.32 Å². The molecule has 72 valence electrons. The summed E-state index contributed by atoms with van der Waals surface area (Å²) in [4.78, 5) is 0. The van der Waals surface area contributed by atoms with Gasteiger partial charge in [-0.15, -0.1) is 0 Å². The number of anilines is 1. The summed E-state index contributed by atoms with van der Waals surface area (Å²) in [6.45, 7) is 5.81. The number of benzene rings is 1. The number of methoxy groups -OCH3 is 1. The Morgan fingerprint density at radius 3 is 2.77 bits per heavy atom. The summed E-state index contributed by atoms with van der Waals surface area (Å²) < 4.78 is 4.97. The van der Waals surface area contributed by atoms with Gasteiger partial charge in [0.15, 0.2) is 0 Å². The van der Waals surface area contributed by atoms with E-state index in [1.807, 2.05) is 0 Å². The fraction of sp³-hybridized carbons (Fsp3) is 0.455. The lowest BCUT2D eigenvalue weighted by molar-refractivity contribution is 0.211. The van der Waals surface area contributed by atoms with Crippen molar-refractivity contribution in [3.63, 3.8) is 0 Å². The normalized spacial score (nSPS) is 10.1. The average Bonchev–Trinajstić information content (AvgIpc) is 2.11. The van der Waals surface area contributed by atoms with Gasteiger partial charge in [-0.05, 0) is 31.0 Å². The Balaban J connectivity index is 2.59. The number of rotatable bonds is 4. The fourth-order valence-electron chi connectivity index (χ4n) is 1.21. The largest absolute Gasteiger partial charge is 0.383 e. The maximum absolute atomic E-state index is 4.97. The SMILES string of the molecule is COCCNc1cc(C)ccc1C. The van der Waals surface area contributed by atoms with Crippen molar-refractivity contribution in [2.75, 3.05) is 25.6 Å². The van der Waals surface area contributed by atoms with Gasteiger partial charge in [0.1, 0.15) is 0 Å². The number of ether oxygens (including phenoxy) is 1. The van der Waals surface area contributed by atoms with Crippen LogP contribution in [0.4, 0.5) is 5.69 Å². The number of hydrogen-bond donors (Lipinski definition) is 1. The molecule has 13 heavy (non-hydrogen) atoms. The van der Waals surface area contributed by atoms with Crippen molar-refractivity contribution in [1.29, 1.82) is 0 Å². The van der Waals surface area contributed by atoms with E-state index in [2.05, 4.69) is 37.4 Å². The highest BCUT2D eigenvalue weighted by atomic mass is 16.5. The van der Waals surface area contributed by atoms with Gasteiger partial charge in [0.2, 0.25) is 0 Å². The number of aryl methyl sites for hydroxylation is 2. The molecule has 1 aromatic carbocycles. The molecular formula is C11H17NO. The van der Waals surface area contributed by atoms with Crippen molar-refractivity contribution in [2.24, 2.45) is 0 Å². The quantitative estimate of drug-likeness (QED) is 0.716. The summed E-state index contributed by atoms with van der Waals surface area (Å²) in [5, 5.41) is 3.33. The summed E-state index contributed by atoms with van der Waals surface area (Å²) in [7, 11) is 1.71. The third kappa shape index (κ3) is 3.07. The molecule has 1 aromatic rings. The van der Waals surface area contributed by atoms with Crippen LogP contribution in [0.2, 0.25) is 0 Å².